The zero-order valence-electron chi connectivity index (χ0n) is 13.1. The van der Waals surface area contributed by atoms with Crippen LogP contribution in [0.3, 0.4) is 0 Å². The Balaban J connectivity index is 1.57. The van der Waals surface area contributed by atoms with Crippen LogP contribution in [0.2, 0.25) is 0 Å². The highest BCUT2D eigenvalue weighted by atomic mass is 32.2. The summed E-state index contributed by atoms with van der Waals surface area (Å²) in [5.74, 6) is 0. The maximum Gasteiger partial charge on any atom is 0.240 e. The summed E-state index contributed by atoms with van der Waals surface area (Å²) >= 11 is 0. The van der Waals surface area contributed by atoms with Crippen LogP contribution in [0.1, 0.15) is 6.42 Å². The van der Waals surface area contributed by atoms with Crippen molar-refractivity contribution in [3.05, 3.63) is 42.5 Å². The van der Waals surface area contributed by atoms with Gasteiger partial charge in [0.05, 0.1) is 18.1 Å². The Kier molecular flexibility index (Phi) is 5.27. The summed E-state index contributed by atoms with van der Waals surface area (Å²) in [4.78, 5) is 2.62. The minimum atomic E-state index is -3.45. The molecule has 5 nitrogen and oxygen atoms in total. The molecule has 1 N–H and O–H groups in total. The van der Waals surface area contributed by atoms with Crippen LogP contribution in [0.15, 0.2) is 47.4 Å². The summed E-state index contributed by atoms with van der Waals surface area (Å²) in [5.41, 5.74) is 0. The largest absolute Gasteiger partial charge is 0.379 e. The van der Waals surface area contributed by atoms with Crippen LogP contribution < -0.4 is 4.72 Å². The summed E-state index contributed by atoms with van der Waals surface area (Å²) < 4.78 is 32.8. The molecule has 0 aliphatic carbocycles. The first kappa shape index (κ1) is 16.4. The molecule has 0 aromatic heterocycles. The lowest BCUT2D eigenvalue weighted by molar-refractivity contribution is 0.0376. The van der Waals surface area contributed by atoms with E-state index in [9.17, 15) is 8.42 Å². The number of hydrogen-bond acceptors (Lipinski definition) is 4. The highest BCUT2D eigenvalue weighted by Gasteiger charge is 2.14. The van der Waals surface area contributed by atoms with Crippen molar-refractivity contribution < 1.29 is 13.2 Å². The molecule has 1 fully saturated rings. The van der Waals surface area contributed by atoms with Gasteiger partial charge in [-0.25, -0.2) is 13.1 Å². The van der Waals surface area contributed by atoms with Crippen molar-refractivity contribution in [2.45, 2.75) is 11.3 Å². The topological polar surface area (TPSA) is 58.6 Å². The van der Waals surface area contributed by atoms with Crippen molar-refractivity contribution in [2.24, 2.45) is 0 Å². The maximum atomic E-state index is 12.4. The average molecular weight is 334 g/mol. The van der Waals surface area contributed by atoms with Gasteiger partial charge in [0.1, 0.15) is 0 Å². The molecule has 1 heterocycles. The van der Waals surface area contributed by atoms with Crippen LogP contribution in [0, 0.1) is 0 Å². The molecule has 0 spiro atoms. The highest BCUT2D eigenvalue weighted by Crippen LogP contribution is 2.18. The lowest BCUT2D eigenvalue weighted by atomic mass is 10.1. The van der Waals surface area contributed by atoms with Gasteiger partial charge in [-0.3, -0.25) is 4.90 Å². The minimum absolute atomic E-state index is 0.322. The zero-order chi connectivity index (χ0) is 16.1. The fraction of sp³-hybridized carbons (Fsp3) is 0.412. The molecular weight excluding hydrogens is 312 g/mol. The second-order valence-electron chi connectivity index (χ2n) is 5.71. The van der Waals surface area contributed by atoms with E-state index < -0.39 is 10.0 Å². The summed E-state index contributed by atoms with van der Waals surface area (Å²) in [6.07, 6.45) is 0.798. The number of sulfonamides is 1. The van der Waals surface area contributed by atoms with Crippen molar-refractivity contribution in [2.75, 3.05) is 39.4 Å². The molecule has 3 rings (SSSR count). The van der Waals surface area contributed by atoms with Crippen LogP contribution in [0.4, 0.5) is 0 Å². The Bertz CT molecular complexity index is 755. The van der Waals surface area contributed by atoms with Gasteiger partial charge in [0, 0.05) is 19.6 Å². The van der Waals surface area contributed by atoms with Gasteiger partial charge in [-0.1, -0.05) is 30.3 Å². The third-order valence-electron chi connectivity index (χ3n) is 4.08. The molecule has 0 amide bonds. The number of rotatable bonds is 6. The van der Waals surface area contributed by atoms with E-state index in [0.717, 1.165) is 50.0 Å². The number of morpholine rings is 1. The molecule has 6 heteroatoms. The molecule has 0 unspecified atom stereocenters. The van der Waals surface area contributed by atoms with Crippen molar-refractivity contribution >= 4 is 20.8 Å². The van der Waals surface area contributed by atoms with E-state index >= 15 is 0 Å². The van der Waals surface area contributed by atoms with Crippen LogP contribution in [0.25, 0.3) is 10.8 Å². The van der Waals surface area contributed by atoms with E-state index in [2.05, 4.69) is 9.62 Å². The Morgan fingerprint density at radius 3 is 2.57 bits per heavy atom. The van der Waals surface area contributed by atoms with Gasteiger partial charge in [0.15, 0.2) is 0 Å². The molecule has 1 saturated heterocycles. The second-order valence-corrected chi connectivity index (χ2v) is 7.48. The lowest BCUT2D eigenvalue weighted by Gasteiger charge is -2.26. The van der Waals surface area contributed by atoms with E-state index in [-0.39, 0.29) is 0 Å². The predicted molar refractivity (Wildman–Crippen MR) is 91.0 cm³/mol. The van der Waals surface area contributed by atoms with Gasteiger partial charge in [0.2, 0.25) is 10.0 Å². The van der Waals surface area contributed by atoms with E-state index in [0.29, 0.717) is 11.4 Å². The fourth-order valence-electron chi connectivity index (χ4n) is 2.75. The molecule has 0 saturated carbocycles. The molecule has 0 radical (unpaired) electrons. The number of hydrogen-bond donors (Lipinski definition) is 1. The van der Waals surface area contributed by atoms with Gasteiger partial charge >= 0.3 is 0 Å². The summed E-state index contributed by atoms with van der Waals surface area (Å²) in [5, 5.41) is 1.97. The van der Waals surface area contributed by atoms with Crippen molar-refractivity contribution in [1.29, 1.82) is 0 Å². The number of ether oxygens (including phenoxy) is 1. The predicted octanol–water partition coefficient (Wildman–Crippen LogP) is 1.84. The molecular formula is C17H22N2O3S. The molecule has 124 valence electrons. The Morgan fingerprint density at radius 1 is 1.04 bits per heavy atom. The Hall–Kier alpha value is -1.47. The molecule has 2 aromatic rings. The lowest BCUT2D eigenvalue weighted by Crippen LogP contribution is -2.38. The van der Waals surface area contributed by atoms with Crippen molar-refractivity contribution in [3.63, 3.8) is 0 Å². The smallest absolute Gasteiger partial charge is 0.240 e. The molecule has 0 bridgehead atoms. The maximum absolute atomic E-state index is 12.4. The number of benzene rings is 2. The molecule has 1 aliphatic heterocycles. The van der Waals surface area contributed by atoms with Gasteiger partial charge in [-0.2, -0.15) is 0 Å². The summed E-state index contributed by atoms with van der Waals surface area (Å²) in [7, 11) is -3.45. The summed E-state index contributed by atoms with van der Waals surface area (Å²) in [6.45, 7) is 4.73. The van der Waals surface area contributed by atoms with E-state index in [4.69, 9.17) is 4.74 Å². The first-order chi connectivity index (χ1) is 11.1. The minimum Gasteiger partial charge on any atom is -0.379 e. The van der Waals surface area contributed by atoms with E-state index in [1.807, 2.05) is 30.3 Å². The molecule has 2 aromatic carbocycles. The normalized spacial score (nSPS) is 16.7. The molecule has 23 heavy (non-hydrogen) atoms. The zero-order valence-corrected chi connectivity index (χ0v) is 13.9. The van der Waals surface area contributed by atoms with Gasteiger partial charge in [-0.15, -0.1) is 0 Å². The molecule has 1 aliphatic rings. The SMILES string of the molecule is O=S(=O)(NCCCN1CCOCC1)c1ccc2ccccc2c1. The quantitative estimate of drug-likeness (QED) is 0.819. The van der Waals surface area contributed by atoms with Gasteiger partial charge in [0.25, 0.3) is 0 Å². The van der Waals surface area contributed by atoms with Crippen LogP contribution in [-0.4, -0.2) is 52.7 Å². The number of nitrogens with one attached hydrogen (secondary N) is 1. The Morgan fingerprint density at radius 2 is 1.78 bits per heavy atom. The van der Waals surface area contributed by atoms with Crippen LogP contribution >= 0.6 is 0 Å². The standard InChI is InChI=1S/C17H22N2O3S/c20-23(21,18-8-3-9-19-10-12-22-13-11-19)17-7-6-15-4-1-2-5-16(15)14-17/h1-2,4-7,14,18H,3,8-13H2. The fourth-order valence-corrected chi connectivity index (χ4v) is 3.86. The first-order valence-electron chi connectivity index (χ1n) is 7.94. The third-order valence-corrected chi connectivity index (χ3v) is 5.54. The van der Waals surface area contributed by atoms with Gasteiger partial charge in [-0.05, 0) is 35.9 Å². The van der Waals surface area contributed by atoms with Crippen LogP contribution in [0.5, 0.6) is 0 Å². The van der Waals surface area contributed by atoms with E-state index in [1.165, 1.54) is 0 Å². The Labute approximate surface area is 137 Å². The highest BCUT2D eigenvalue weighted by molar-refractivity contribution is 7.89. The van der Waals surface area contributed by atoms with Crippen LogP contribution in [-0.2, 0) is 14.8 Å². The average Bonchev–Trinajstić information content (AvgIpc) is 2.59. The molecule has 0 atom stereocenters. The first-order valence-corrected chi connectivity index (χ1v) is 9.42. The number of fused-ring (bicyclic) bond motifs is 1. The summed E-state index contributed by atoms with van der Waals surface area (Å²) in [6, 6.07) is 13.0. The van der Waals surface area contributed by atoms with Crippen molar-refractivity contribution in [3.8, 4) is 0 Å². The van der Waals surface area contributed by atoms with Gasteiger partial charge < -0.3 is 4.74 Å². The third kappa shape index (κ3) is 4.29. The number of nitrogens with zero attached hydrogens (tertiary/aromatic N) is 1. The second kappa shape index (κ2) is 7.40. The monoisotopic (exact) mass is 334 g/mol. The van der Waals surface area contributed by atoms with Crippen molar-refractivity contribution in [1.82, 2.24) is 9.62 Å². The van der Waals surface area contributed by atoms with E-state index in [1.54, 1.807) is 12.1 Å².